The lowest BCUT2D eigenvalue weighted by molar-refractivity contribution is -0.301. The average Bonchev–Trinajstić information content (AvgIpc) is 2.82. The normalized spacial score (nSPS) is 10.5. The largest absolute Gasteiger partial charge is 0.549 e. The number of aromatic hydroxyl groups is 1. The summed E-state index contributed by atoms with van der Waals surface area (Å²) in [6.07, 6.45) is 1.64. The molecular formula is C13H11BrN3O3S-. The van der Waals surface area contributed by atoms with Crippen molar-refractivity contribution in [2.75, 3.05) is 5.75 Å². The maximum absolute atomic E-state index is 10.6. The van der Waals surface area contributed by atoms with E-state index in [0.717, 1.165) is 16.2 Å². The van der Waals surface area contributed by atoms with Crippen molar-refractivity contribution >= 4 is 33.7 Å². The number of phenolic OH excluding ortho intramolecular Hbond substituents is 1. The number of halogens is 1. The molecule has 110 valence electrons. The van der Waals surface area contributed by atoms with Crippen molar-refractivity contribution in [1.82, 2.24) is 14.8 Å². The SMILES string of the molecule is C=CCn1c(SCC(=O)[O-])nnc1-c1cc(Br)ccc1O. The number of aromatic nitrogens is 3. The van der Waals surface area contributed by atoms with E-state index < -0.39 is 5.97 Å². The first kappa shape index (κ1) is 15.6. The molecule has 0 aliphatic rings. The van der Waals surface area contributed by atoms with Crippen LogP contribution in [0.2, 0.25) is 0 Å². The standard InChI is InChI=1S/C13H12BrN3O3S/c1-2-5-17-12(9-6-8(14)3-4-10(9)18)15-16-13(17)21-7-11(19)20/h2-4,6,18H,1,5,7H2,(H,19,20)/p-1. The van der Waals surface area contributed by atoms with Crippen LogP contribution in [0.3, 0.4) is 0 Å². The molecule has 0 aliphatic heterocycles. The summed E-state index contributed by atoms with van der Waals surface area (Å²) in [5.41, 5.74) is 0.499. The summed E-state index contributed by atoms with van der Waals surface area (Å²) in [6.45, 7) is 4.05. The Hall–Kier alpha value is -1.80. The summed E-state index contributed by atoms with van der Waals surface area (Å²) >= 11 is 4.34. The number of allylic oxidation sites excluding steroid dienone is 1. The molecule has 0 saturated carbocycles. The average molecular weight is 369 g/mol. The van der Waals surface area contributed by atoms with Gasteiger partial charge in [-0.15, -0.1) is 16.8 Å². The van der Waals surface area contributed by atoms with Gasteiger partial charge in [-0.1, -0.05) is 33.8 Å². The topological polar surface area (TPSA) is 91.1 Å². The van der Waals surface area contributed by atoms with Crippen molar-refractivity contribution in [2.24, 2.45) is 0 Å². The highest BCUT2D eigenvalue weighted by atomic mass is 79.9. The van der Waals surface area contributed by atoms with Gasteiger partial charge in [0, 0.05) is 16.8 Å². The highest BCUT2D eigenvalue weighted by Gasteiger charge is 2.16. The van der Waals surface area contributed by atoms with Crippen LogP contribution < -0.4 is 5.11 Å². The first-order valence-corrected chi connectivity index (χ1v) is 7.66. The van der Waals surface area contributed by atoms with Gasteiger partial charge in [0.05, 0.1) is 11.5 Å². The van der Waals surface area contributed by atoms with Crippen molar-refractivity contribution in [3.8, 4) is 17.1 Å². The first-order valence-electron chi connectivity index (χ1n) is 5.88. The molecule has 8 heteroatoms. The minimum Gasteiger partial charge on any atom is -0.549 e. The fourth-order valence-corrected chi connectivity index (χ4v) is 2.72. The Labute approximate surface area is 133 Å². The van der Waals surface area contributed by atoms with Crippen molar-refractivity contribution in [2.45, 2.75) is 11.7 Å². The van der Waals surface area contributed by atoms with Crippen LogP contribution in [0.5, 0.6) is 5.75 Å². The zero-order valence-corrected chi connectivity index (χ0v) is 13.2. The molecule has 0 unspecified atom stereocenters. The first-order chi connectivity index (χ1) is 10.0. The molecule has 2 aromatic rings. The van der Waals surface area contributed by atoms with Crippen molar-refractivity contribution in [1.29, 1.82) is 0 Å². The number of carbonyl (C=O) groups excluding carboxylic acids is 1. The van der Waals surface area contributed by atoms with E-state index in [9.17, 15) is 15.0 Å². The predicted molar refractivity (Wildman–Crippen MR) is 80.8 cm³/mol. The molecule has 0 saturated heterocycles. The molecule has 0 bridgehead atoms. The van der Waals surface area contributed by atoms with Gasteiger partial charge in [-0.2, -0.15) is 0 Å². The van der Waals surface area contributed by atoms with Gasteiger partial charge in [0.2, 0.25) is 0 Å². The maximum Gasteiger partial charge on any atom is 0.192 e. The van der Waals surface area contributed by atoms with Gasteiger partial charge in [0.25, 0.3) is 0 Å². The lowest BCUT2D eigenvalue weighted by atomic mass is 10.2. The maximum atomic E-state index is 10.6. The smallest absolute Gasteiger partial charge is 0.192 e. The highest BCUT2D eigenvalue weighted by Crippen LogP contribution is 2.32. The number of benzene rings is 1. The Balaban J connectivity index is 2.45. The lowest BCUT2D eigenvalue weighted by Gasteiger charge is -2.09. The number of rotatable bonds is 6. The van der Waals surface area contributed by atoms with E-state index in [1.807, 2.05) is 0 Å². The Morgan fingerprint density at radius 1 is 1.52 bits per heavy atom. The molecule has 0 atom stereocenters. The molecule has 1 aromatic carbocycles. The summed E-state index contributed by atoms with van der Waals surface area (Å²) in [4.78, 5) is 10.6. The highest BCUT2D eigenvalue weighted by molar-refractivity contribution is 9.10. The van der Waals surface area contributed by atoms with Gasteiger partial charge < -0.3 is 15.0 Å². The van der Waals surface area contributed by atoms with E-state index in [1.54, 1.807) is 28.8 Å². The van der Waals surface area contributed by atoms with E-state index >= 15 is 0 Å². The quantitative estimate of drug-likeness (QED) is 0.612. The van der Waals surface area contributed by atoms with Gasteiger partial charge in [-0.05, 0) is 18.2 Å². The van der Waals surface area contributed by atoms with Gasteiger partial charge in [-0.25, -0.2) is 0 Å². The fraction of sp³-hybridized carbons (Fsp3) is 0.154. The van der Waals surface area contributed by atoms with Gasteiger partial charge in [-0.3, -0.25) is 4.57 Å². The molecule has 1 N–H and O–H groups in total. The molecule has 21 heavy (non-hydrogen) atoms. The van der Waals surface area contributed by atoms with Crippen LogP contribution >= 0.6 is 27.7 Å². The monoisotopic (exact) mass is 368 g/mol. The predicted octanol–water partition coefficient (Wildman–Crippen LogP) is 1.44. The summed E-state index contributed by atoms with van der Waals surface area (Å²) in [7, 11) is 0. The minimum absolute atomic E-state index is 0.0624. The number of carboxylic acids is 1. The molecule has 1 heterocycles. The number of carbonyl (C=O) groups is 1. The third-order valence-electron chi connectivity index (χ3n) is 2.55. The van der Waals surface area contributed by atoms with E-state index in [1.165, 1.54) is 0 Å². The number of carboxylic acid groups (broad SMARTS) is 1. The third kappa shape index (κ3) is 3.64. The molecule has 0 spiro atoms. The van der Waals surface area contributed by atoms with Gasteiger partial charge in [0.15, 0.2) is 11.0 Å². The van der Waals surface area contributed by atoms with Crippen LogP contribution in [-0.4, -0.2) is 31.6 Å². The van der Waals surface area contributed by atoms with E-state index in [0.29, 0.717) is 23.1 Å². The van der Waals surface area contributed by atoms with Crippen LogP contribution in [0.15, 0.2) is 40.5 Å². The van der Waals surface area contributed by atoms with Gasteiger partial charge in [0.1, 0.15) is 5.75 Å². The van der Waals surface area contributed by atoms with Crippen LogP contribution in [0, 0.1) is 0 Å². The number of nitrogens with zero attached hydrogens (tertiary/aromatic N) is 3. The van der Waals surface area contributed by atoms with Crippen molar-refractivity contribution in [3.05, 3.63) is 35.3 Å². The summed E-state index contributed by atoms with van der Waals surface area (Å²) in [6, 6.07) is 4.96. The summed E-state index contributed by atoms with van der Waals surface area (Å²) in [5.74, 6) is -0.901. The molecule has 6 nitrogen and oxygen atoms in total. The number of hydrogen-bond donors (Lipinski definition) is 1. The Morgan fingerprint density at radius 2 is 2.29 bits per heavy atom. The van der Waals surface area contributed by atoms with E-state index in [4.69, 9.17) is 0 Å². The fourth-order valence-electron chi connectivity index (χ4n) is 1.70. The number of hydrogen-bond acceptors (Lipinski definition) is 6. The second kappa shape index (κ2) is 6.77. The third-order valence-corrected chi connectivity index (χ3v) is 3.98. The molecule has 0 radical (unpaired) electrons. The molecule has 0 amide bonds. The molecule has 0 aliphatic carbocycles. The van der Waals surface area contributed by atoms with E-state index in [2.05, 4.69) is 32.7 Å². The summed E-state index contributed by atoms with van der Waals surface area (Å²) < 4.78 is 2.47. The second-order valence-electron chi connectivity index (χ2n) is 4.03. The Bertz CT molecular complexity index is 687. The van der Waals surface area contributed by atoms with E-state index in [-0.39, 0.29) is 11.5 Å². The zero-order valence-electron chi connectivity index (χ0n) is 10.8. The Kier molecular flexibility index (Phi) is 5.03. The minimum atomic E-state index is -1.18. The van der Waals surface area contributed by atoms with Crippen molar-refractivity contribution < 1.29 is 15.0 Å². The lowest BCUT2D eigenvalue weighted by Crippen LogP contribution is -2.24. The zero-order chi connectivity index (χ0) is 15.4. The molecule has 2 rings (SSSR count). The summed E-state index contributed by atoms with van der Waals surface area (Å²) in [5, 5.41) is 29.0. The number of aliphatic carboxylic acids is 1. The molecular weight excluding hydrogens is 358 g/mol. The van der Waals surface area contributed by atoms with Crippen LogP contribution in [0.25, 0.3) is 11.4 Å². The number of thioether (sulfide) groups is 1. The Morgan fingerprint density at radius 3 is 2.95 bits per heavy atom. The molecule has 0 fully saturated rings. The van der Waals surface area contributed by atoms with Crippen LogP contribution in [0.1, 0.15) is 0 Å². The second-order valence-corrected chi connectivity index (χ2v) is 5.89. The van der Waals surface area contributed by atoms with Crippen LogP contribution in [-0.2, 0) is 11.3 Å². The van der Waals surface area contributed by atoms with Crippen LogP contribution in [0.4, 0.5) is 0 Å². The molecule has 1 aromatic heterocycles. The van der Waals surface area contributed by atoms with Gasteiger partial charge >= 0.3 is 0 Å². The van der Waals surface area contributed by atoms with Crippen molar-refractivity contribution in [3.63, 3.8) is 0 Å². The number of phenols is 1.